The van der Waals surface area contributed by atoms with E-state index >= 15 is 0 Å². The smallest absolute Gasteiger partial charge is 0.299 e. The number of aryl methyl sites for hydroxylation is 1. The van der Waals surface area contributed by atoms with Crippen LogP contribution in [0.15, 0.2) is 18.2 Å². The Balaban J connectivity index is 1.86. The topological polar surface area (TPSA) is 46.6 Å². The van der Waals surface area contributed by atoms with Gasteiger partial charge in [0.15, 0.2) is 0 Å². The van der Waals surface area contributed by atoms with Gasteiger partial charge < -0.3 is 9.64 Å². The fourth-order valence-electron chi connectivity index (χ4n) is 2.75. The molecule has 0 N–H and O–H groups in total. The number of Topliss-reactive ketones (excluding diaryl/α,β-unsaturated/α-hetero) is 1. The van der Waals surface area contributed by atoms with Gasteiger partial charge in [-0.2, -0.15) is 0 Å². The molecule has 0 saturated carbocycles. The van der Waals surface area contributed by atoms with Crippen LogP contribution in [0.25, 0.3) is 0 Å². The van der Waals surface area contributed by atoms with E-state index in [4.69, 9.17) is 4.74 Å². The van der Waals surface area contributed by atoms with Crippen LogP contribution in [-0.4, -0.2) is 30.9 Å². The Bertz CT molecular complexity index is 532. The van der Waals surface area contributed by atoms with E-state index in [1.165, 1.54) is 0 Å². The van der Waals surface area contributed by atoms with E-state index in [0.717, 1.165) is 37.1 Å². The van der Waals surface area contributed by atoms with Gasteiger partial charge in [0, 0.05) is 6.61 Å². The molecule has 0 aromatic heterocycles. The third kappa shape index (κ3) is 2.16. The van der Waals surface area contributed by atoms with Crippen molar-refractivity contribution in [3.05, 3.63) is 29.3 Å². The van der Waals surface area contributed by atoms with Gasteiger partial charge in [-0.3, -0.25) is 9.59 Å². The molecule has 4 nitrogen and oxygen atoms in total. The zero-order valence-corrected chi connectivity index (χ0v) is 11.0. The standard InChI is InChI=1S/C15H17NO3/c1-10-5-6-13-12(8-10)14(17)15(18)16(13)9-11-4-2-3-7-19-11/h5-6,8,11H,2-4,7,9H2,1H3/t11-/m1/s1. The minimum Gasteiger partial charge on any atom is -0.376 e. The highest BCUT2D eigenvalue weighted by Crippen LogP contribution is 2.30. The van der Waals surface area contributed by atoms with Crippen molar-refractivity contribution in [3.8, 4) is 0 Å². The van der Waals surface area contributed by atoms with Crippen LogP contribution in [0.3, 0.4) is 0 Å². The number of hydrogen-bond donors (Lipinski definition) is 0. The molecule has 2 aliphatic rings. The van der Waals surface area contributed by atoms with Crippen molar-refractivity contribution in [1.29, 1.82) is 0 Å². The zero-order valence-electron chi connectivity index (χ0n) is 11.0. The van der Waals surface area contributed by atoms with Crippen molar-refractivity contribution < 1.29 is 14.3 Å². The molecule has 1 aromatic rings. The lowest BCUT2D eigenvalue weighted by Crippen LogP contribution is -2.39. The summed E-state index contributed by atoms with van der Waals surface area (Å²) < 4.78 is 5.66. The minimum absolute atomic E-state index is 0.0535. The molecule has 0 unspecified atom stereocenters. The number of hydrogen-bond acceptors (Lipinski definition) is 3. The van der Waals surface area contributed by atoms with E-state index < -0.39 is 11.7 Å². The molecule has 1 amide bonds. The summed E-state index contributed by atoms with van der Waals surface area (Å²) >= 11 is 0. The molecular weight excluding hydrogens is 242 g/mol. The highest BCUT2D eigenvalue weighted by molar-refractivity contribution is 6.52. The van der Waals surface area contributed by atoms with Crippen molar-refractivity contribution in [2.75, 3.05) is 18.1 Å². The van der Waals surface area contributed by atoms with Crippen LogP contribution >= 0.6 is 0 Å². The van der Waals surface area contributed by atoms with Gasteiger partial charge in [-0.05, 0) is 38.3 Å². The third-order valence-electron chi connectivity index (χ3n) is 3.79. The van der Waals surface area contributed by atoms with E-state index in [-0.39, 0.29) is 6.10 Å². The molecule has 100 valence electrons. The summed E-state index contributed by atoms with van der Waals surface area (Å²) in [5, 5.41) is 0. The number of rotatable bonds is 2. The van der Waals surface area contributed by atoms with Crippen LogP contribution in [0.1, 0.15) is 35.2 Å². The van der Waals surface area contributed by atoms with Gasteiger partial charge in [-0.25, -0.2) is 0 Å². The van der Waals surface area contributed by atoms with Crippen molar-refractivity contribution >= 4 is 17.4 Å². The molecule has 3 rings (SSSR count). The number of anilines is 1. The van der Waals surface area contributed by atoms with Crippen molar-refractivity contribution in [2.24, 2.45) is 0 Å². The van der Waals surface area contributed by atoms with Crippen molar-refractivity contribution in [3.63, 3.8) is 0 Å². The van der Waals surface area contributed by atoms with Crippen molar-refractivity contribution in [1.82, 2.24) is 0 Å². The predicted octanol–water partition coefficient (Wildman–Crippen LogP) is 2.09. The van der Waals surface area contributed by atoms with Crippen LogP contribution in [0.5, 0.6) is 0 Å². The minimum atomic E-state index is -0.422. The second kappa shape index (κ2) is 4.78. The first-order valence-electron chi connectivity index (χ1n) is 6.75. The molecular formula is C15H17NO3. The molecule has 0 bridgehead atoms. The molecule has 4 heteroatoms. The molecule has 2 heterocycles. The fourth-order valence-corrected chi connectivity index (χ4v) is 2.75. The lowest BCUT2D eigenvalue weighted by molar-refractivity contribution is -0.114. The Morgan fingerprint density at radius 1 is 1.32 bits per heavy atom. The molecule has 1 saturated heterocycles. The summed E-state index contributed by atoms with van der Waals surface area (Å²) in [6, 6.07) is 5.58. The van der Waals surface area contributed by atoms with Crippen LogP contribution in [0.4, 0.5) is 5.69 Å². The quantitative estimate of drug-likeness (QED) is 0.764. The monoisotopic (exact) mass is 259 g/mol. The van der Waals surface area contributed by atoms with E-state index in [1.807, 2.05) is 19.1 Å². The van der Waals surface area contributed by atoms with Crippen LogP contribution in [0, 0.1) is 6.92 Å². The molecule has 19 heavy (non-hydrogen) atoms. The molecule has 0 spiro atoms. The number of carbonyl (C=O) groups excluding carboxylic acids is 2. The molecule has 1 aromatic carbocycles. The predicted molar refractivity (Wildman–Crippen MR) is 71.5 cm³/mol. The Kier molecular flexibility index (Phi) is 3.11. The highest BCUT2D eigenvalue weighted by atomic mass is 16.5. The number of amides is 1. The van der Waals surface area contributed by atoms with Gasteiger partial charge in [0.2, 0.25) is 0 Å². The van der Waals surface area contributed by atoms with Gasteiger partial charge in [-0.1, -0.05) is 11.6 Å². The van der Waals surface area contributed by atoms with Gasteiger partial charge in [0.25, 0.3) is 11.7 Å². The van der Waals surface area contributed by atoms with Crippen LogP contribution < -0.4 is 4.90 Å². The van der Waals surface area contributed by atoms with Crippen LogP contribution in [0.2, 0.25) is 0 Å². The summed E-state index contributed by atoms with van der Waals surface area (Å²) in [4.78, 5) is 25.6. The maximum absolute atomic E-state index is 12.1. The van der Waals surface area contributed by atoms with E-state index in [0.29, 0.717) is 12.1 Å². The van der Waals surface area contributed by atoms with Gasteiger partial charge >= 0.3 is 0 Å². The first-order chi connectivity index (χ1) is 9.16. The number of nitrogens with zero attached hydrogens (tertiary/aromatic N) is 1. The van der Waals surface area contributed by atoms with Crippen LogP contribution in [-0.2, 0) is 9.53 Å². The van der Waals surface area contributed by atoms with E-state index in [2.05, 4.69) is 0 Å². The molecule has 1 fully saturated rings. The third-order valence-corrected chi connectivity index (χ3v) is 3.79. The Labute approximate surface area is 112 Å². The zero-order chi connectivity index (χ0) is 13.4. The fraction of sp³-hybridized carbons (Fsp3) is 0.467. The number of carbonyl (C=O) groups is 2. The summed E-state index contributed by atoms with van der Waals surface area (Å²) in [6.45, 7) is 3.16. The lowest BCUT2D eigenvalue weighted by Gasteiger charge is -2.27. The Hall–Kier alpha value is -1.68. The molecule has 0 radical (unpaired) electrons. The lowest BCUT2D eigenvalue weighted by atomic mass is 10.1. The first-order valence-corrected chi connectivity index (χ1v) is 6.75. The maximum atomic E-state index is 12.1. The molecule has 2 aliphatic heterocycles. The van der Waals surface area contributed by atoms with Gasteiger partial charge in [0.05, 0.1) is 23.9 Å². The second-order valence-electron chi connectivity index (χ2n) is 5.25. The first kappa shape index (κ1) is 12.4. The number of ketones is 1. The number of fused-ring (bicyclic) bond motifs is 1. The average molecular weight is 259 g/mol. The normalized spacial score (nSPS) is 22.8. The maximum Gasteiger partial charge on any atom is 0.299 e. The molecule has 1 atom stereocenters. The largest absolute Gasteiger partial charge is 0.376 e. The molecule has 0 aliphatic carbocycles. The van der Waals surface area contributed by atoms with E-state index in [9.17, 15) is 9.59 Å². The number of ether oxygens (including phenoxy) is 1. The summed E-state index contributed by atoms with van der Waals surface area (Å²) in [5.41, 5.74) is 2.26. The van der Waals surface area contributed by atoms with Gasteiger partial charge in [-0.15, -0.1) is 0 Å². The second-order valence-corrected chi connectivity index (χ2v) is 5.25. The highest BCUT2D eigenvalue weighted by Gasteiger charge is 2.37. The van der Waals surface area contributed by atoms with E-state index in [1.54, 1.807) is 11.0 Å². The summed E-state index contributed by atoms with van der Waals surface area (Å²) in [6.07, 6.45) is 3.22. The summed E-state index contributed by atoms with van der Waals surface area (Å²) in [7, 11) is 0. The Morgan fingerprint density at radius 2 is 2.16 bits per heavy atom. The average Bonchev–Trinajstić information content (AvgIpc) is 2.65. The number of benzene rings is 1. The Morgan fingerprint density at radius 3 is 2.89 bits per heavy atom. The van der Waals surface area contributed by atoms with Gasteiger partial charge in [0.1, 0.15) is 0 Å². The SMILES string of the molecule is Cc1ccc2c(c1)C(=O)C(=O)N2C[C@H]1CCCCO1. The summed E-state index contributed by atoms with van der Waals surface area (Å²) in [5.74, 6) is -0.815. The van der Waals surface area contributed by atoms with Crippen molar-refractivity contribution in [2.45, 2.75) is 32.3 Å².